The fourth-order valence-electron chi connectivity index (χ4n) is 4.66. The fraction of sp³-hybridized carbons (Fsp3) is 0.385. The highest BCUT2D eigenvalue weighted by atomic mass is 16.5. The molecule has 1 aliphatic carbocycles. The number of amides is 2. The number of carbonyl (C=O) groups is 2. The van der Waals surface area contributed by atoms with Gasteiger partial charge in [0, 0.05) is 42.5 Å². The molecule has 1 N–H and O–H groups in total. The van der Waals surface area contributed by atoms with E-state index in [1.165, 1.54) is 22.4 Å². The molecule has 0 unspecified atom stereocenters. The zero-order chi connectivity index (χ0) is 22.8. The molecular formula is C26H29N3O4. The normalized spacial score (nSPS) is 15.5. The van der Waals surface area contributed by atoms with Gasteiger partial charge in [-0.05, 0) is 66.8 Å². The van der Waals surface area contributed by atoms with Crippen LogP contribution in [0.25, 0.3) is 11.0 Å². The van der Waals surface area contributed by atoms with Gasteiger partial charge in [-0.1, -0.05) is 0 Å². The Morgan fingerprint density at radius 1 is 1.06 bits per heavy atom. The van der Waals surface area contributed by atoms with Gasteiger partial charge in [-0.3, -0.25) is 9.59 Å². The summed E-state index contributed by atoms with van der Waals surface area (Å²) in [6.45, 7) is 3.20. The lowest BCUT2D eigenvalue weighted by atomic mass is 10.0. The molecule has 0 radical (unpaired) electrons. The van der Waals surface area contributed by atoms with Gasteiger partial charge in [0.2, 0.25) is 11.8 Å². The summed E-state index contributed by atoms with van der Waals surface area (Å²) < 4.78 is 11.1. The van der Waals surface area contributed by atoms with E-state index in [2.05, 4.69) is 22.3 Å². The second kappa shape index (κ2) is 9.27. The topological polar surface area (TPSA) is 75.0 Å². The second-order valence-electron chi connectivity index (χ2n) is 8.85. The number of fused-ring (bicyclic) bond motifs is 2. The molecule has 5 rings (SSSR count). The van der Waals surface area contributed by atoms with Crippen LogP contribution >= 0.6 is 0 Å². The van der Waals surface area contributed by atoms with Crippen LogP contribution in [0.1, 0.15) is 23.1 Å². The van der Waals surface area contributed by atoms with Crippen molar-refractivity contribution in [3.63, 3.8) is 0 Å². The number of ether oxygens (including phenoxy) is 1. The summed E-state index contributed by atoms with van der Waals surface area (Å²) in [7, 11) is 1.66. The predicted molar refractivity (Wildman–Crippen MR) is 128 cm³/mol. The van der Waals surface area contributed by atoms with Crippen molar-refractivity contribution >= 4 is 34.2 Å². The van der Waals surface area contributed by atoms with E-state index >= 15 is 0 Å². The van der Waals surface area contributed by atoms with E-state index in [-0.39, 0.29) is 24.8 Å². The van der Waals surface area contributed by atoms with Crippen LogP contribution in [0.2, 0.25) is 0 Å². The Morgan fingerprint density at radius 3 is 2.55 bits per heavy atom. The molecule has 2 aliphatic rings. The molecule has 1 aromatic heterocycles. The maximum absolute atomic E-state index is 12.8. The van der Waals surface area contributed by atoms with E-state index in [1.807, 2.05) is 24.3 Å². The Bertz CT molecular complexity index is 1160. The first-order chi connectivity index (χ1) is 16.1. The van der Waals surface area contributed by atoms with Crippen molar-refractivity contribution in [3.8, 4) is 0 Å². The molecule has 3 aromatic rings. The Labute approximate surface area is 193 Å². The fourth-order valence-corrected chi connectivity index (χ4v) is 4.66. The number of benzene rings is 2. The van der Waals surface area contributed by atoms with Crippen molar-refractivity contribution in [1.82, 2.24) is 4.90 Å². The number of hydrogen-bond acceptors (Lipinski definition) is 5. The lowest BCUT2D eigenvalue weighted by molar-refractivity contribution is -0.132. The molecule has 0 saturated carbocycles. The summed E-state index contributed by atoms with van der Waals surface area (Å²) in [5, 5.41) is 3.88. The molecule has 2 aromatic carbocycles. The standard InChI is InChI=1S/C26H29N3O4/c1-28(16-25(30)27-21-5-7-22(8-6-21)29-9-11-32-12-10-29)26(31)15-20-17-33-24-14-19-4-2-3-18(19)13-23(20)24/h5-8,13-14,17H,2-4,9-12,15-16H2,1H3,(H,27,30). The zero-order valence-electron chi connectivity index (χ0n) is 18.9. The second-order valence-corrected chi connectivity index (χ2v) is 8.85. The summed E-state index contributed by atoms with van der Waals surface area (Å²) in [4.78, 5) is 29.0. The zero-order valence-corrected chi connectivity index (χ0v) is 18.9. The average Bonchev–Trinajstić information content (AvgIpc) is 3.45. The van der Waals surface area contributed by atoms with Crippen molar-refractivity contribution in [2.45, 2.75) is 25.7 Å². The molecule has 0 spiro atoms. The third-order valence-corrected chi connectivity index (χ3v) is 6.54. The quantitative estimate of drug-likeness (QED) is 0.627. The summed E-state index contributed by atoms with van der Waals surface area (Å²) in [6, 6.07) is 12.0. The molecule has 2 amide bonds. The number of furan rings is 1. The van der Waals surface area contributed by atoms with E-state index in [9.17, 15) is 9.59 Å². The van der Waals surface area contributed by atoms with Gasteiger partial charge in [-0.2, -0.15) is 0 Å². The van der Waals surface area contributed by atoms with Crippen molar-refractivity contribution in [1.29, 1.82) is 0 Å². The molecule has 33 heavy (non-hydrogen) atoms. The average molecular weight is 448 g/mol. The SMILES string of the molecule is CN(CC(=O)Nc1ccc(N2CCOCC2)cc1)C(=O)Cc1coc2cc3c(cc12)CCC3. The highest BCUT2D eigenvalue weighted by molar-refractivity contribution is 5.95. The monoisotopic (exact) mass is 447 g/mol. The first kappa shape index (κ1) is 21.5. The van der Waals surface area contributed by atoms with E-state index in [0.717, 1.165) is 61.4 Å². The number of nitrogens with zero attached hydrogens (tertiary/aromatic N) is 2. The first-order valence-electron chi connectivity index (χ1n) is 11.6. The van der Waals surface area contributed by atoms with Gasteiger partial charge >= 0.3 is 0 Å². The van der Waals surface area contributed by atoms with Crippen molar-refractivity contribution in [3.05, 3.63) is 59.4 Å². The van der Waals surface area contributed by atoms with E-state index in [1.54, 1.807) is 13.3 Å². The maximum Gasteiger partial charge on any atom is 0.243 e. The van der Waals surface area contributed by atoms with Crippen LogP contribution in [0.5, 0.6) is 0 Å². The highest BCUT2D eigenvalue weighted by Gasteiger charge is 2.19. The van der Waals surface area contributed by atoms with Crippen LogP contribution in [0, 0.1) is 0 Å². The van der Waals surface area contributed by atoms with Crippen LogP contribution < -0.4 is 10.2 Å². The molecule has 1 saturated heterocycles. The van der Waals surface area contributed by atoms with Gasteiger partial charge in [-0.15, -0.1) is 0 Å². The summed E-state index contributed by atoms with van der Waals surface area (Å²) in [5.41, 5.74) is 6.23. The number of morpholine rings is 1. The van der Waals surface area contributed by atoms with Gasteiger partial charge in [0.1, 0.15) is 5.58 Å². The number of nitrogens with one attached hydrogen (secondary N) is 1. The maximum atomic E-state index is 12.8. The Balaban J connectivity index is 1.16. The number of carbonyl (C=O) groups excluding carboxylic acids is 2. The van der Waals surface area contributed by atoms with Crippen molar-refractivity contribution in [2.75, 3.05) is 50.1 Å². The molecule has 0 atom stereocenters. The van der Waals surface area contributed by atoms with E-state index in [4.69, 9.17) is 9.15 Å². The summed E-state index contributed by atoms with van der Waals surface area (Å²) >= 11 is 0. The van der Waals surface area contributed by atoms with Crippen LogP contribution in [-0.4, -0.2) is 56.6 Å². The van der Waals surface area contributed by atoms with Crippen LogP contribution in [0.4, 0.5) is 11.4 Å². The lowest BCUT2D eigenvalue weighted by Crippen LogP contribution is -2.36. The van der Waals surface area contributed by atoms with E-state index < -0.39 is 0 Å². The molecule has 7 nitrogen and oxygen atoms in total. The van der Waals surface area contributed by atoms with Crippen LogP contribution in [-0.2, 0) is 33.6 Å². The summed E-state index contributed by atoms with van der Waals surface area (Å²) in [6.07, 6.45) is 5.22. The van der Waals surface area contributed by atoms with Gasteiger partial charge in [-0.25, -0.2) is 0 Å². The minimum Gasteiger partial charge on any atom is -0.464 e. The molecular weight excluding hydrogens is 418 g/mol. The number of hydrogen-bond donors (Lipinski definition) is 1. The molecule has 1 aliphatic heterocycles. The highest BCUT2D eigenvalue weighted by Crippen LogP contribution is 2.30. The van der Waals surface area contributed by atoms with Gasteiger partial charge in [0.05, 0.1) is 32.4 Å². The van der Waals surface area contributed by atoms with Crippen LogP contribution in [0.15, 0.2) is 47.1 Å². The molecule has 172 valence electrons. The van der Waals surface area contributed by atoms with Gasteiger partial charge in [0.25, 0.3) is 0 Å². The Morgan fingerprint density at radius 2 is 1.79 bits per heavy atom. The van der Waals surface area contributed by atoms with Crippen LogP contribution in [0.3, 0.4) is 0 Å². The Kier molecular flexibility index (Phi) is 6.05. The van der Waals surface area contributed by atoms with Gasteiger partial charge in [0.15, 0.2) is 0 Å². The van der Waals surface area contributed by atoms with E-state index in [0.29, 0.717) is 5.69 Å². The Hall–Kier alpha value is -3.32. The molecule has 0 bridgehead atoms. The molecule has 1 fully saturated rings. The number of anilines is 2. The van der Waals surface area contributed by atoms with Crippen molar-refractivity contribution in [2.24, 2.45) is 0 Å². The van der Waals surface area contributed by atoms with Gasteiger partial charge < -0.3 is 24.3 Å². The summed E-state index contributed by atoms with van der Waals surface area (Å²) in [5.74, 6) is -0.337. The largest absolute Gasteiger partial charge is 0.464 e. The number of rotatable bonds is 6. The molecule has 7 heteroatoms. The number of aryl methyl sites for hydroxylation is 2. The third-order valence-electron chi connectivity index (χ3n) is 6.54. The minimum atomic E-state index is -0.222. The lowest BCUT2D eigenvalue weighted by Gasteiger charge is -2.28. The smallest absolute Gasteiger partial charge is 0.243 e. The number of likely N-dealkylation sites (N-methyl/N-ethyl adjacent to an activating group) is 1. The molecule has 2 heterocycles. The first-order valence-corrected chi connectivity index (χ1v) is 11.6. The minimum absolute atomic E-state index is 0.00473. The van der Waals surface area contributed by atoms with Crippen molar-refractivity contribution < 1.29 is 18.7 Å². The predicted octanol–water partition coefficient (Wildman–Crippen LogP) is 3.40. The third kappa shape index (κ3) is 4.73.